The van der Waals surface area contributed by atoms with Gasteiger partial charge in [-0.15, -0.1) is 0 Å². The van der Waals surface area contributed by atoms with Crippen LogP contribution in [-0.4, -0.2) is 63.5 Å². The van der Waals surface area contributed by atoms with E-state index in [0.717, 1.165) is 37.6 Å². The largest absolute Gasteiger partial charge is 0.502 e. The molecule has 1 aromatic heterocycles. The lowest BCUT2D eigenvalue weighted by molar-refractivity contribution is -0.140. The molecule has 0 radical (unpaired) electrons. The summed E-state index contributed by atoms with van der Waals surface area (Å²) >= 11 is 0. The lowest BCUT2D eigenvalue weighted by atomic mass is 9.92. The molecule has 0 bridgehead atoms. The van der Waals surface area contributed by atoms with Crippen LogP contribution in [0, 0.1) is 0 Å². The number of rotatable bonds is 9. The number of nitrogens with zero attached hydrogens (tertiary/aromatic N) is 2. The van der Waals surface area contributed by atoms with Crippen molar-refractivity contribution in [2.45, 2.75) is 18.9 Å². The maximum absolute atomic E-state index is 12.7. The zero-order chi connectivity index (χ0) is 26.4. The Bertz CT molecular complexity index is 1250. The van der Waals surface area contributed by atoms with Gasteiger partial charge in [-0.05, 0) is 42.0 Å². The van der Waals surface area contributed by atoms with Gasteiger partial charge in [-0.1, -0.05) is 12.1 Å². The maximum atomic E-state index is 12.7. The monoisotopic (exact) mass is 508 g/mol. The Morgan fingerprint density at radius 1 is 0.946 bits per heavy atom. The Morgan fingerprint density at radius 3 is 2.11 bits per heavy atom. The number of hydrogen-bond acceptors (Lipinski definition) is 9. The molecule has 1 saturated heterocycles. The molecular formula is C28H32N2O7. The Morgan fingerprint density at radius 2 is 1.54 bits per heavy atom. The number of benzene rings is 2. The van der Waals surface area contributed by atoms with Gasteiger partial charge in [-0.25, -0.2) is 0 Å². The topological polar surface area (TPSA) is 102 Å². The van der Waals surface area contributed by atoms with Crippen molar-refractivity contribution < 1.29 is 28.5 Å². The predicted molar refractivity (Wildman–Crippen MR) is 139 cm³/mol. The number of aromatic hydroxyl groups is 1. The van der Waals surface area contributed by atoms with Crippen molar-refractivity contribution >= 4 is 11.7 Å². The lowest BCUT2D eigenvalue weighted by Gasteiger charge is -2.36. The van der Waals surface area contributed by atoms with Crippen LogP contribution in [0.3, 0.4) is 0 Å². The number of hydrogen-bond donors (Lipinski definition) is 1. The lowest BCUT2D eigenvalue weighted by Crippen LogP contribution is -2.46. The van der Waals surface area contributed by atoms with E-state index in [0.29, 0.717) is 23.6 Å². The molecular weight excluding hydrogens is 476 g/mol. The third-order valence-electron chi connectivity index (χ3n) is 6.62. The van der Waals surface area contributed by atoms with Crippen molar-refractivity contribution in [2.24, 2.45) is 0 Å². The molecule has 1 aliphatic rings. The molecule has 0 unspecified atom stereocenters. The van der Waals surface area contributed by atoms with E-state index in [9.17, 15) is 14.7 Å². The third-order valence-corrected chi connectivity index (χ3v) is 6.62. The fraction of sp³-hybridized carbons (Fsp3) is 0.357. The fourth-order valence-electron chi connectivity index (χ4n) is 4.49. The van der Waals surface area contributed by atoms with Gasteiger partial charge in [0.15, 0.2) is 5.76 Å². The molecule has 4 rings (SSSR count). The molecule has 0 aliphatic carbocycles. The number of esters is 1. The van der Waals surface area contributed by atoms with Gasteiger partial charge >= 0.3 is 5.97 Å². The highest BCUT2D eigenvalue weighted by atomic mass is 16.5. The van der Waals surface area contributed by atoms with Crippen molar-refractivity contribution in [3.8, 4) is 17.2 Å². The van der Waals surface area contributed by atoms with Crippen LogP contribution in [0.1, 0.15) is 29.4 Å². The summed E-state index contributed by atoms with van der Waals surface area (Å²) in [6, 6.07) is 16.3. The quantitative estimate of drug-likeness (QED) is 0.436. The molecule has 0 amide bonds. The first-order valence-electron chi connectivity index (χ1n) is 12.1. The van der Waals surface area contributed by atoms with E-state index in [1.807, 2.05) is 24.3 Å². The second-order valence-corrected chi connectivity index (χ2v) is 8.86. The Hall–Kier alpha value is -3.98. The van der Waals surface area contributed by atoms with Gasteiger partial charge in [0.05, 0.1) is 40.2 Å². The van der Waals surface area contributed by atoms with Gasteiger partial charge < -0.3 is 28.6 Å². The highest BCUT2D eigenvalue weighted by Crippen LogP contribution is 2.34. The van der Waals surface area contributed by atoms with Crippen LogP contribution in [0.25, 0.3) is 0 Å². The highest BCUT2D eigenvalue weighted by Gasteiger charge is 2.27. The van der Waals surface area contributed by atoms with E-state index < -0.39 is 23.1 Å². The average molecular weight is 509 g/mol. The van der Waals surface area contributed by atoms with Gasteiger partial charge in [-0.2, -0.15) is 0 Å². The first-order chi connectivity index (χ1) is 17.9. The smallest absolute Gasteiger partial charge is 0.306 e. The van der Waals surface area contributed by atoms with Gasteiger partial charge in [-0.3, -0.25) is 14.5 Å². The second kappa shape index (κ2) is 11.8. The molecule has 9 nitrogen and oxygen atoms in total. The van der Waals surface area contributed by atoms with E-state index in [4.69, 9.17) is 18.6 Å². The minimum atomic E-state index is -0.696. The van der Waals surface area contributed by atoms with Gasteiger partial charge in [0.1, 0.15) is 17.3 Å². The highest BCUT2D eigenvalue weighted by molar-refractivity contribution is 5.71. The van der Waals surface area contributed by atoms with Crippen molar-refractivity contribution in [3.63, 3.8) is 0 Å². The number of anilines is 1. The molecule has 1 atom stereocenters. The number of carbonyl (C=O) groups excluding carboxylic acids is 1. The molecule has 2 aromatic carbocycles. The first-order valence-corrected chi connectivity index (χ1v) is 12.1. The van der Waals surface area contributed by atoms with Gasteiger partial charge in [0, 0.05) is 37.9 Å². The summed E-state index contributed by atoms with van der Waals surface area (Å²) in [5, 5.41) is 10.6. The molecule has 1 N–H and O–H groups in total. The molecule has 1 fully saturated rings. The van der Waals surface area contributed by atoms with Crippen molar-refractivity contribution in [1.29, 1.82) is 0 Å². The summed E-state index contributed by atoms with van der Waals surface area (Å²) in [5.74, 6) is 0.266. The molecule has 0 spiro atoms. The van der Waals surface area contributed by atoms with Crippen LogP contribution in [0.4, 0.5) is 5.69 Å². The molecule has 196 valence electrons. The normalized spacial score (nSPS) is 14.7. The number of piperazine rings is 1. The molecule has 2 heterocycles. The maximum Gasteiger partial charge on any atom is 0.306 e. The summed E-state index contributed by atoms with van der Waals surface area (Å²) in [6.45, 7) is 3.59. The van der Waals surface area contributed by atoms with E-state index in [1.165, 1.54) is 13.2 Å². The second-order valence-electron chi connectivity index (χ2n) is 8.86. The fourth-order valence-corrected chi connectivity index (χ4v) is 4.49. The summed E-state index contributed by atoms with van der Waals surface area (Å²) in [6.07, 6.45) is -0.0939. The standard InChI is InChI=1S/C28H32N2O7/c1-34-21-8-4-19(5-9-21)24(17-26(32)36-3)28-27(33)25(31)16-23(37-28)18-29-12-14-30(15-13-29)20-6-10-22(35-2)11-7-20/h4-11,16,24,33H,12-15,17-18H2,1-3H3/t24-/m1/s1. The number of ether oxygens (including phenoxy) is 3. The first kappa shape index (κ1) is 26.1. The molecule has 0 saturated carbocycles. The molecule has 1 aliphatic heterocycles. The van der Waals surface area contributed by atoms with Crippen LogP contribution >= 0.6 is 0 Å². The van der Waals surface area contributed by atoms with E-state index in [1.54, 1.807) is 38.5 Å². The SMILES string of the molecule is COC(=O)C[C@H](c1ccc(OC)cc1)c1oc(CN2CCN(c3ccc(OC)cc3)CC2)cc(=O)c1O. The summed E-state index contributed by atoms with van der Waals surface area (Å²) in [5.41, 5.74) is 1.27. The van der Waals surface area contributed by atoms with E-state index in [2.05, 4.69) is 9.80 Å². The summed E-state index contributed by atoms with van der Waals surface area (Å²) in [4.78, 5) is 29.4. The van der Waals surface area contributed by atoms with E-state index in [-0.39, 0.29) is 12.2 Å². The number of carbonyl (C=O) groups is 1. The van der Waals surface area contributed by atoms with Crippen LogP contribution in [-0.2, 0) is 16.1 Å². The van der Waals surface area contributed by atoms with Crippen molar-refractivity contribution in [1.82, 2.24) is 4.90 Å². The van der Waals surface area contributed by atoms with Gasteiger partial charge in [0.2, 0.25) is 11.2 Å². The molecule has 9 heteroatoms. The summed E-state index contributed by atoms with van der Waals surface area (Å²) in [7, 11) is 4.51. The Kier molecular flexibility index (Phi) is 8.35. The van der Waals surface area contributed by atoms with Crippen LogP contribution in [0.2, 0.25) is 0 Å². The Labute approximate surface area is 215 Å². The molecule has 3 aromatic rings. The van der Waals surface area contributed by atoms with Crippen LogP contribution < -0.4 is 19.8 Å². The predicted octanol–water partition coefficient (Wildman–Crippen LogP) is 3.38. The minimum absolute atomic E-state index is 0.0509. The van der Waals surface area contributed by atoms with Gasteiger partial charge in [0.25, 0.3) is 0 Å². The van der Waals surface area contributed by atoms with E-state index >= 15 is 0 Å². The van der Waals surface area contributed by atoms with Crippen molar-refractivity contribution in [2.75, 3.05) is 52.4 Å². The zero-order valence-corrected chi connectivity index (χ0v) is 21.3. The molecule has 37 heavy (non-hydrogen) atoms. The third kappa shape index (κ3) is 6.24. The van der Waals surface area contributed by atoms with Crippen LogP contribution in [0.5, 0.6) is 17.2 Å². The van der Waals surface area contributed by atoms with Crippen molar-refractivity contribution in [3.05, 3.63) is 81.9 Å². The van der Waals surface area contributed by atoms with Crippen LogP contribution in [0.15, 0.2) is 63.8 Å². The zero-order valence-electron chi connectivity index (χ0n) is 21.3. The Balaban J connectivity index is 1.52. The average Bonchev–Trinajstić information content (AvgIpc) is 2.94. The summed E-state index contributed by atoms with van der Waals surface area (Å²) < 4.78 is 21.4. The minimum Gasteiger partial charge on any atom is -0.502 e. The number of methoxy groups -OCH3 is 3.